The number of para-hydroxylation sites is 1. The van der Waals surface area contributed by atoms with Crippen molar-refractivity contribution >= 4 is 11.6 Å². The predicted octanol–water partition coefficient (Wildman–Crippen LogP) is 5.15. The van der Waals surface area contributed by atoms with Crippen LogP contribution in [0.1, 0.15) is 31.9 Å². The van der Waals surface area contributed by atoms with Crippen molar-refractivity contribution in [3.05, 3.63) is 58.6 Å². The maximum Gasteiger partial charge on any atom is 0.146 e. The zero-order valence-electron chi connectivity index (χ0n) is 13.0. The third kappa shape index (κ3) is 3.99. The molecular formula is C18H22ClNO. The van der Waals surface area contributed by atoms with Gasteiger partial charge in [-0.15, -0.1) is 0 Å². The SMILES string of the molecule is CNCc1ccc(Oc2ccccc2C(C)(C)C)c(Cl)c1. The fraction of sp³-hybridized carbons (Fsp3) is 0.333. The topological polar surface area (TPSA) is 21.3 Å². The van der Waals surface area contributed by atoms with E-state index in [9.17, 15) is 0 Å². The first-order chi connectivity index (χ1) is 9.91. The highest BCUT2D eigenvalue weighted by atomic mass is 35.5. The molecule has 0 aromatic heterocycles. The van der Waals surface area contributed by atoms with Gasteiger partial charge in [0.1, 0.15) is 11.5 Å². The monoisotopic (exact) mass is 303 g/mol. The van der Waals surface area contributed by atoms with E-state index in [4.69, 9.17) is 16.3 Å². The molecule has 0 saturated carbocycles. The van der Waals surface area contributed by atoms with Crippen LogP contribution in [-0.4, -0.2) is 7.05 Å². The van der Waals surface area contributed by atoms with Crippen LogP contribution in [0.15, 0.2) is 42.5 Å². The molecule has 0 aliphatic carbocycles. The van der Waals surface area contributed by atoms with Crippen molar-refractivity contribution < 1.29 is 4.74 Å². The Hall–Kier alpha value is -1.51. The van der Waals surface area contributed by atoms with E-state index in [1.54, 1.807) is 0 Å². The first-order valence-corrected chi connectivity index (χ1v) is 7.50. The molecule has 2 aromatic carbocycles. The fourth-order valence-electron chi connectivity index (χ4n) is 2.23. The molecule has 21 heavy (non-hydrogen) atoms. The van der Waals surface area contributed by atoms with Crippen LogP contribution >= 0.6 is 11.6 Å². The van der Waals surface area contributed by atoms with Gasteiger partial charge in [0, 0.05) is 12.1 Å². The maximum absolute atomic E-state index is 6.33. The summed E-state index contributed by atoms with van der Waals surface area (Å²) in [6.07, 6.45) is 0. The predicted molar refractivity (Wildman–Crippen MR) is 89.4 cm³/mol. The quantitative estimate of drug-likeness (QED) is 0.843. The number of benzene rings is 2. The lowest BCUT2D eigenvalue weighted by atomic mass is 9.86. The van der Waals surface area contributed by atoms with Gasteiger partial charge in [-0.05, 0) is 36.2 Å². The fourth-order valence-corrected chi connectivity index (χ4v) is 2.48. The number of rotatable bonds is 4. The van der Waals surface area contributed by atoms with Crippen molar-refractivity contribution in [2.24, 2.45) is 0 Å². The van der Waals surface area contributed by atoms with Crippen LogP contribution in [0.3, 0.4) is 0 Å². The molecule has 0 radical (unpaired) electrons. The first kappa shape index (κ1) is 15.9. The molecule has 0 aliphatic heterocycles. The van der Waals surface area contributed by atoms with E-state index in [0.717, 1.165) is 17.9 Å². The summed E-state index contributed by atoms with van der Waals surface area (Å²) >= 11 is 6.33. The molecule has 2 aromatic rings. The molecule has 112 valence electrons. The number of nitrogens with one attached hydrogen (secondary N) is 1. The summed E-state index contributed by atoms with van der Waals surface area (Å²) in [5.41, 5.74) is 2.33. The molecule has 1 N–H and O–H groups in total. The van der Waals surface area contributed by atoms with E-state index >= 15 is 0 Å². The molecule has 0 atom stereocenters. The van der Waals surface area contributed by atoms with Gasteiger partial charge in [-0.1, -0.05) is 56.6 Å². The van der Waals surface area contributed by atoms with Crippen molar-refractivity contribution in [2.75, 3.05) is 7.05 Å². The van der Waals surface area contributed by atoms with Crippen LogP contribution in [0.5, 0.6) is 11.5 Å². The molecular weight excluding hydrogens is 282 g/mol. The zero-order chi connectivity index (χ0) is 15.5. The summed E-state index contributed by atoms with van der Waals surface area (Å²) in [5.74, 6) is 1.54. The third-order valence-electron chi connectivity index (χ3n) is 3.29. The molecule has 0 fully saturated rings. The summed E-state index contributed by atoms with van der Waals surface area (Å²) < 4.78 is 6.05. The highest BCUT2D eigenvalue weighted by Crippen LogP contribution is 2.36. The van der Waals surface area contributed by atoms with Gasteiger partial charge in [0.05, 0.1) is 5.02 Å². The minimum atomic E-state index is 0.0230. The van der Waals surface area contributed by atoms with Gasteiger partial charge in [-0.25, -0.2) is 0 Å². The van der Waals surface area contributed by atoms with Crippen molar-refractivity contribution in [1.82, 2.24) is 5.32 Å². The second kappa shape index (κ2) is 6.50. The van der Waals surface area contributed by atoms with E-state index in [2.05, 4.69) is 32.2 Å². The minimum Gasteiger partial charge on any atom is -0.455 e. The molecule has 3 heteroatoms. The highest BCUT2D eigenvalue weighted by molar-refractivity contribution is 6.32. The van der Waals surface area contributed by atoms with E-state index in [0.29, 0.717) is 10.8 Å². The van der Waals surface area contributed by atoms with Crippen molar-refractivity contribution in [3.8, 4) is 11.5 Å². The summed E-state index contributed by atoms with van der Waals surface area (Å²) in [4.78, 5) is 0. The summed E-state index contributed by atoms with van der Waals surface area (Å²) in [7, 11) is 1.91. The van der Waals surface area contributed by atoms with Gasteiger partial charge >= 0.3 is 0 Å². The van der Waals surface area contributed by atoms with Crippen molar-refractivity contribution in [2.45, 2.75) is 32.7 Å². The van der Waals surface area contributed by atoms with Gasteiger partial charge in [-0.2, -0.15) is 0 Å². The Bertz CT molecular complexity index is 617. The Labute approximate surface area is 132 Å². The maximum atomic E-state index is 6.33. The van der Waals surface area contributed by atoms with E-state index in [1.165, 1.54) is 5.56 Å². The van der Waals surface area contributed by atoms with Gasteiger partial charge in [-0.3, -0.25) is 0 Å². The summed E-state index contributed by atoms with van der Waals surface area (Å²) in [6, 6.07) is 14.0. The average molecular weight is 304 g/mol. The number of hydrogen-bond acceptors (Lipinski definition) is 2. The average Bonchev–Trinajstić information content (AvgIpc) is 2.42. The second-order valence-corrected chi connectivity index (χ2v) is 6.55. The molecule has 0 spiro atoms. The number of halogens is 1. The highest BCUT2D eigenvalue weighted by Gasteiger charge is 2.19. The molecule has 0 bridgehead atoms. The number of ether oxygens (including phenoxy) is 1. The Morgan fingerprint density at radius 2 is 1.76 bits per heavy atom. The molecule has 0 heterocycles. The first-order valence-electron chi connectivity index (χ1n) is 7.12. The Kier molecular flexibility index (Phi) is 4.92. The van der Waals surface area contributed by atoms with Gasteiger partial charge in [0.15, 0.2) is 0 Å². The smallest absolute Gasteiger partial charge is 0.146 e. The van der Waals surface area contributed by atoms with Crippen LogP contribution in [0.4, 0.5) is 0 Å². The third-order valence-corrected chi connectivity index (χ3v) is 3.59. The van der Waals surface area contributed by atoms with Gasteiger partial charge in [0.25, 0.3) is 0 Å². The van der Waals surface area contributed by atoms with Crippen molar-refractivity contribution in [3.63, 3.8) is 0 Å². The minimum absolute atomic E-state index is 0.0230. The van der Waals surface area contributed by atoms with E-state index in [1.807, 2.05) is 43.4 Å². The standard InChI is InChI=1S/C18H22ClNO/c1-18(2,3)14-7-5-6-8-16(14)21-17-10-9-13(12-20-4)11-15(17)19/h5-11,20H,12H2,1-4H3. The van der Waals surface area contributed by atoms with Crippen LogP contribution in [0, 0.1) is 0 Å². The van der Waals surface area contributed by atoms with Crippen LogP contribution in [-0.2, 0) is 12.0 Å². The second-order valence-electron chi connectivity index (χ2n) is 6.14. The Balaban J connectivity index is 2.31. The lowest BCUT2D eigenvalue weighted by Gasteiger charge is -2.22. The van der Waals surface area contributed by atoms with Gasteiger partial charge < -0.3 is 10.1 Å². The molecule has 0 aliphatic rings. The van der Waals surface area contributed by atoms with E-state index < -0.39 is 0 Å². The molecule has 2 nitrogen and oxygen atoms in total. The van der Waals surface area contributed by atoms with E-state index in [-0.39, 0.29) is 5.41 Å². The lowest BCUT2D eigenvalue weighted by Crippen LogP contribution is -2.12. The number of hydrogen-bond donors (Lipinski definition) is 1. The molecule has 2 rings (SSSR count). The zero-order valence-corrected chi connectivity index (χ0v) is 13.8. The molecule has 0 unspecified atom stereocenters. The Morgan fingerprint density at radius 3 is 2.38 bits per heavy atom. The van der Waals surface area contributed by atoms with Crippen LogP contribution in [0.2, 0.25) is 5.02 Å². The summed E-state index contributed by atoms with van der Waals surface area (Å²) in [5, 5.41) is 3.74. The summed E-state index contributed by atoms with van der Waals surface area (Å²) in [6.45, 7) is 7.31. The lowest BCUT2D eigenvalue weighted by molar-refractivity contribution is 0.455. The molecule has 0 amide bonds. The van der Waals surface area contributed by atoms with Crippen LogP contribution < -0.4 is 10.1 Å². The van der Waals surface area contributed by atoms with Crippen molar-refractivity contribution in [1.29, 1.82) is 0 Å². The molecule has 0 saturated heterocycles. The largest absolute Gasteiger partial charge is 0.455 e. The van der Waals surface area contributed by atoms with Gasteiger partial charge in [0.2, 0.25) is 0 Å². The normalized spacial score (nSPS) is 11.5. The van der Waals surface area contributed by atoms with Crippen LogP contribution in [0.25, 0.3) is 0 Å². The Morgan fingerprint density at radius 1 is 1.05 bits per heavy atom.